The number of halogens is 1. The molecule has 26 heavy (non-hydrogen) atoms. The third kappa shape index (κ3) is 2.80. The highest BCUT2D eigenvalue weighted by molar-refractivity contribution is 6.29. The number of pyridine rings is 1. The summed E-state index contributed by atoms with van der Waals surface area (Å²) in [4.78, 5) is 16.8. The molecule has 0 saturated carbocycles. The van der Waals surface area contributed by atoms with E-state index in [4.69, 9.17) is 16.3 Å². The van der Waals surface area contributed by atoms with Gasteiger partial charge >= 0.3 is 0 Å². The van der Waals surface area contributed by atoms with Gasteiger partial charge in [-0.25, -0.2) is 4.98 Å². The van der Waals surface area contributed by atoms with Crippen LogP contribution in [0.25, 0.3) is 0 Å². The number of nitrogens with one attached hydrogen (secondary N) is 2. The van der Waals surface area contributed by atoms with E-state index in [1.807, 2.05) is 6.07 Å². The van der Waals surface area contributed by atoms with E-state index in [0.717, 1.165) is 31.5 Å². The zero-order valence-electron chi connectivity index (χ0n) is 14.7. The topological polar surface area (TPSA) is 63.2 Å². The Bertz CT molecular complexity index is 820. The molecule has 0 unspecified atom stereocenters. The molecule has 1 aliphatic heterocycles. The van der Waals surface area contributed by atoms with E-state index in [1.165, 1.54) is 5.56 Å². The molecule has 4 rings (SSSR count). The largest absolute Gasteiger partial charge is 0.378 e. The molecule has 2 N–H and O–H groups in total. The number of hydrogen-bond donors (Lipinski definition) is 2. The number of nitrogens with zero attached hydrogens (tertiary/aromatic N) is 1. The summed E-state index contributed by atoms with van der Waals surface area (Å²) in [5, 5.41) is 6.92. The fraction of sp³-hybridized carbons (Fsp3) is 0.400. The Hall–Kier alpha value is -1.95. The number of ether oxygens (including phenoxy) is 1. The zero-order chi connectivity index (χ0) is 18.1. The van der Waals surface area contributed by atoms with Crippen molar-refractivity contribution in [1.29, 1.82) is 0 Å². The van der Waals surface area contributed by atoms with Crippen molar-refractivity contribution in [1.82, 2.24) is 15.6 Å². The Morgan fingerprint density at radius 3 is 2.81 bits per heavy atom. The van der Waals surface area contributed by atoms with Gasteiger partial charge in [0.05, 0.1) is 12.1 Å². The number of aromatic nitrogens is 1. The molecule has 136 valence electrons. The highest BCUT2D eigenvalue weighted by Gasteiger charge is 2.53. The molecular formula is C20H22ClN3O2. The Kier molecular flexibility index (Phi) is 4.69. The maximum atomic E-state index is 12.8. The molecule has 1 aliphatic carbocycles. The molecule has 6 heteroatoms. The monoisotopic (exact) mass is 371 g/mol. The van der Waals surface area contributed by atoms with Gasteiger partial charge in [0.25, 0.3) is 5.91 Å². The maximum Gasteiger partial charge on any atom is 0.252 e. The van der Waals surface area contributed by atoms with Crippen molar-refractivity contribution in [3.05, 3.63) is 64.4 Å². The van der Waals surface area contributed by atoms with Crippen LogP contribution in [0.3, 0.4) is 0 Å². The summed E-state index contributed by atoms with van der Waals surface area (Å²) < 4.78 is 5.98. The quantitative estimate of drug-likeness (QED) is 0.814. The van der Waals surface area contributed by atoms with Crippen molar-refractivity contribution in [2.24, 2.45) is 0 Å². The molecule has 2 heterocycles. The minimum Gasteiger partial charge on any atom is -0.378 e. The number of carbonyl (C=O) groups excluding carboxylic acids is 1. The van der Waals surface area contributed by atoms with E-state index in [1.54, 1.807) is 25.4 Å². The van der Waals surface area contributed by atoms with E-state index in [-0.39, 0.29) is 23.5 Å². The van der Waals surface area contributed by atoms with E-state index in [0.29, 0.717) is 10.7 Å². The molecule has 2 atom stereocenters. The summed E-state index contributed by atoms with van der Waals surface area (Å²) in [5.74, 6) is -0.165. The van der Waals surface area contributed by atoms with Crippen LogP contribution in [0.4, 0.5) is 0 Å². The number of hydrogen-bond acceptors (Lipinski definition) is 4. The SMILES string of the molecule is CO[C@@H]1[C@@H](NC(=O)c2ccnc(Cl)c2)c2ccccc2C12CCNCC2. The van der Waals surface area contributed by atoms with Gasteiger partial charge in [0, 0.05) is 24.3 Å². The lowest BCUT2D eigenvalue weighted by Gasteiger charge is -2.40. The molecule has 2 aromatic rings. The lowest BCUT2D eigenvalue weighted by molar-refractivity contribution is 0.00397. The average molecular weight is 372 g/mol. The van der Waals surface area contributed by atoms with Crippen LogP contribution in [-0.2, 0) is 10.2 Å². The molecule has 1 spiro atoms. The summed E-state index contributed by atoms with van der Waals surface area (Å²) in [5.41, 5.74) is 2.88. The number of benzene rings is 1. The van der Waals surface area contributed by atoms with Crippen molar-refractivity contribution >= 4 is 17.5 Å². The minimum absolute atomic E-state index is 0.0651. The first-order valence-corrected chi connectivity index (χ1v) is 9.29. The predicted molar refractivity (Wildman–Crippen MR) is 100 cm³/mol. The van der Waals surface area contributed by atoms with Crippen molar-refractivity contribution in [3.63, 3.8) is 0 Å². The van der Waals surface area contributed by atoms with Gasteiger partial charge in [0.15, 0.2) is 0 Å². The lowest BCUT2D eigenvalue weighted by atomic mass is 9.72. The molecule has 2 aliphatic rings. The predicted octanol–water partition coefficient (Wildman–Crippen LogP) is 2.86. The van der Waals surface area contributed by atoms with Crippen LogP contribution in [0.15, 0.2) is 42.6 Å². The van der Waals surface area contributed by atoms with Crippen molar-refractivity contribution < 1.29 is 9.53 Å². The zero-order valence-corrected chi connectivity index (χ0v) is 15.4. The second-order valence-corrected chi connectivity index (χ2v) is 7.36. The van der Waals surface area contributed by atoms with E-state index < -0.39 is 0 Å². The first kappa shape index (κ1) is 17.5. The first-order valence-electron chi connectivity index (χ1n) is 8.91. The summed E-state index contributed by atoms with van der Waals surface area (Å²) in [6, 6.07) is 11.4. The average Bonchev–Trinajstić information content (AvgIpc) is 2.91. The second kappa shape index (κ2) is 6.99. The molecule has 0 radical (unpaired) electrons. The van der Waals surface area contributed by atoms with Crippen LogP contribution >= 0.6 is 11.6 Å². The number of fused-ring (bicyclic) bond motifs is 2. The molecule has 1 saturated heterocycles. The summed E-state index contributed by atoms with van der Waals surface area (Å²) >= 11 is 5.94. The van der Waals surface area contributed by atoms with Gasteiger partial charge in [-0.1, -0.05) is 35.9 Å². The number of carbonyl (C=O) groups is 1. The molecule has 5 nitrogen and oxygen atoms in total. The Balaban J connectivity index is 1.70. The number of amides is 1. The summed E-state index contributed by atoms with van der Waals surface area (Å²) in [7, 11) is 1.74. The second-order valence-electron chi connectivity index (χ2n) is 6.97. The fourth-order valence-electron chi connectivity index (χ4n) is 4.57. The molecule has 1 fully saturated rings. The smallest absolute Gasteiger partial charge is 0.252 e. The van der Waals surface area contributed by atoms with Gasteiger partial charge in [-0.15, -0.1) is 0 Å². The Morgan fingerprint density at radius 1 is 1.31 bits per heavy atom. The van der Waals surface area contributed by atoms with Gasteiger partial charge < -0.3 is 15.4 Å². The van der Waals surface area contributed by atoms with Crippen LogP contribution in [0.1, 0.15) is 40.4 Å². The van der Waals surface area contributed by atoms with Gasteiger partial charge in [0.1, 0.15) is 5.15 Å². The summed E-state index contributed by atoms with van der Waals surface area (Å²) in [6.45, 7) is 1.91. The van der Waals surface area contributed by atoms with Gasteiger partial charge in [0.2, 0.25) is 0 Å². The van der Waals surface area contributed by atoms with Crippen LogP contribution in [0, 0.1) is 0 Å². The van der Waals surface area contributed by atoms with Crippen LogP contribution in [0.2, 0.25) is 5.15 Å². The normalized spacial score (nSPS) is 23.6. The minimum atomic E-state index is -0.186. The number of rotatable bonds is 3. The molecule has 0 bridgehead atoms. The maximum absolute atomic E-state index is 12.8. The lowest BCUT2D eigenvalue weighted by Crippen LogP contribution is -2.49. The van der Waals surface area contributed by atoms with Crippen molar-refractivity contribution in [2.75, 3.05) is 20.2 Å². The summed E-state index contributed by atoms with van der Waals surface area (Å²) in [6.07, 6.45) is 3.44. The molecular weight excluding hydrogens is 350 g/mol. The highest BCUT2D eigenvalue weighted by atomic mass is 35.5. The molecule has 1 aromatic carbocycles. The Morgan fingerprint density at radius 2 is 2.08 bits per heavy atom. The van der Waals surface area contributed by atoms with Crippen LogP contribution in [0.5, 0.6) is 0 Å². The van der Waals surface area contributed by atoms with Crippen molar-refractivity contribution in [2.45, 2.75) is 30.4 Å². The molecule has 1 amide bonds. The van der Waals surface area contributed by atoms with Crippen molar-refractivity contribution in [3.8, 4) is 0 Å². The molecule has 1 aromatic heterocycles. The van der Waals surface area contributed by atoms with Crippen LogP contribution in [-0.4, -0.2) is 37.2 Å². The van der Waals surface area contributed by atoms with Gasteiger partial charge in [-0.2, -0.15) is 0 Å². The third-order valence-corrected chi connectivity index (χ3v) is 5.91. The van der Waals surface area contributed by atoms with Gasteiger partial charge in [-0.05, 0) is 49.2 Å². The standard InChI is InChI=1S/C20H22ClN3O2/c1-26-18-17(24-19(25)13-6-9-23-16(21)12-13)14-4-2-3-5-15(14)20(18)7-10-22-11-8-20/h2-6,9,12,17-18,22H,7-8,10-11H2,1H3,(H,24,25)/t17-,18+/m0/s1. The number of methoxy groups -OCH3 is 1. The number of piperidine rings is 1. The van der Waals surface area contributed by atoms with E-state index >= 15 is 0 Å². The third-order valence-electron chi connectivity index (χ3n) is 5.70. The fourth-order valence-corrected chi connectivity index (χ4v) is 4.74. The van der Waals surface area contributed by atoms with Gasteiger partial charge in [-0.3, -0.25) is 4.79 Å². The highest BCUT2D eigenvalue weighted by Crippen LogP contribution is 2.51. The van der Waals surface area contributed by atoms with E-state index in [2.05, 4.69) is 33.8 Å². The van der Waals surface area contributed by atoms with Crippen LogP contribution < -0.4 is 10.6 Å². The Labute approximate surface area is 158 Å². The van der Waals surface area contributed by atoms with E-state index in [9.17, 15) is 4.79 Å². The first-order chi connectivity index (χ1) is 12.7.